The molecule has 90 valence electrons. The molecule has 0 saturated carbocycles. The van der Waals surface area contributed by atoms with E-state index in [1.165, 1.54) is 43.3 Å². The molecule has 1 saturated heterocycles. The number of para-hydroxylation sites is 1. The maximum atomic E-state index is 5.65. The van der Waals surface area contributed by atoms with Gasteiger partial charge >= 0.3 is 0 Å². The lowest BCUT2D eigenvalue weighted by molar-refractivity contribution is 0.221. The Hall–Kier alpha value is -0.800. The van der Waals surface area contributed by atoms with Crippen LogP contribution in [-0.4, -0.2) is 18.0 Å². The zero-order chi connectivity index (χ0) is 11.7. The van der Waals surface area contributed by atoms with E-state index in [1.807, 2.05) is 12.3 Å². The van der Waals surface area contributed by atoms with E-state index in [4.69, 9.17) is 4.42 Å². The summed E-state index contributed by atoms with van der Waals surface area (Å²) in [5.41, 5.74) is 2.28. The summed E-state index contributed by atoms with van der Waals surface area (Å²) >= 11 is 3.53. The van der Waals surface area contributed by atoms with Crippen LogP contribution in [0.25, 0.3) is 11.0 Å². The Bertz CT molecular complexity index is 514. The van der Waals surface area contributed by atoms with Crippen molar-refractivity contribution in [2.45, 2.75) is 25.8 Å². The van der Waals surface area contributed by atoms with Crippen LogP contribution in [0.5, 0.6) is 0 Å². The highest BCUT2D eigenvalue weighted by Crippen LogP contribution is 2.29. The quantitative estimate of drug-likeness (QED) is 0.826. The minimum atomic E-state index is 0.972. The Morgan fingerprint density at radius 3 is 2.82 bits per heavy atom. The summed E-state index contributed by atoms with van der Waals surface area (Å²) in [6, 6.07) is 6.24. The third-order valence-corrected chi connectivity index (χ3v) is 4.10. The first-order valence-corrected chi connectivity index (χ1v) is 7.01. The van der Waals surface area contributed by atoms with E-state index in [9.17, 15) is 0 Å². The van der Waals surface area contributed by atoms with Crippen molar-refractivity contribution in [3.05, 3.63) is 34.5 Å². The molecule has 0 unspecified atom stereocenters. The van der Waals surface area contributed by atoms with Gasteiger partial charge in [0, 0.05) is 17.5 Å². The van der Waals surface area contributed by atoms with Gasteiger partial charge in [0.2, 0.25) is 0 Å². The van der Waals surface area contributed by atoms with Crippen LogP contribution in [0, 0.1) is 0 Å². The van der Waals surface area contributed by atoms with Crippen LogP contribution in [0.2, 0.25) is 0 Å². The summed E-state index contributed by atoms with van der Waals surface area (Å²) in [4.78, 5) is 2.52. The molecule has 1 aliphatic rings. The molecule has 1 aliphatic heterocycles. The number of rotatable bonds is 2. The molecule has 2 aromatic rings. The van der Waals surface area contributed by atoms with Crippen molar-refractivity contribution in [3.8, 4) is 0 Å². The Morgan fingerprint density at radius 1 is 1.18 bits per heavy atom. The van der Waals surface area contributed by atoms with Crippen molar-refractivity contribution >= 4 is 26.9 Å². The van der Waals surface area contributed by atoms with Gasteiger partial charge in [-0.15, -0.1) is 0 Å². The van der Waals surface area contributed by atoms with E-state index in [1.54, 1.807) is 0 Å². The number of hydrogen-bond donors (Lipinski definition) is 0. The molecule has 17 heavy (non-hydrogen) atoms. The van der Waals surface area contributed by atoms with Gasteiger partial charge in [0.15, 0.2) is 0 Å². The van der Waals surface area contributed by atoms with Crippen LogP contribution >= 0.6 is 15.9 Å². The maximum absolute atomic E-state index is 5.65. The van der Waals surface area contributed by atoms with Crippen molar-refractivity contribution in [3.63, 3.8) is 0 Å². The fraction of sp³-hybridized carbons (Fsp3) is 0.429. The standard InChI is InChI=1S/C14H16BrNO/c15-13-6-4-5-12-11(10-17-14(12)13)9-16-7-2-1-3-8-16/h4-6,10H,1-3,7-9H2. The van der Waals surface area contributed by atoms with E-state index in [0.717, 1.165) is 16.6 Å². The van der Waals surface area contributed by atoms with Gasteiger partial charge in [0.1, 0.15) is 5.58 Å². The van der Waals surface area contributed by atoms with Gasteiger partial charge in [0.25, 0.3) is 0 Å². The number of nitrogens with zero attached hydrogens (tertiary/aromatic N) is 1. The minimum Gasteiger partial charge on any atom is -0.463 e. The Labute approximate surface area is 110 Å². The number of furan rings is 1. The molecule has 3 heteroatoms. The molecule has 0 N–H and O–H groups in total. The monoisotopic (exact) mass is 293 g/mol. The summed E-state index contributed by atoms with van der Waals surface area (Å²) in [7, 11) is 0. The summed E-state index contributed by atoms with van der Waals surface area (Å²) in [6.45, 7) is 3.46. The highest BCUT2D eigenvalue weighted by molar-refractivity contribution is 9.10. The first-order valence-electron chi connectivity index (χ1n) is 6.21. The lowest BCUT2D eigenvalue weighted by atomic mass is 10.1. The van der Waals surface area contributed by atoms with Gasteiger partial charge < -0.3 is 4.42 Å². The molecule has 3 rings (SSSR count). The van der Waals surface area contributed by atoms with Gasteiger partial charge in [-0.05, 0) is 47.9 Å². The first kappa shape index (κ1) is 11.3. The van der Waals surface area contributed by atoms with E-state index >= 15 is 0 Å². The second-order valence-corrected chi connectivity index (χ2v) is 5.57. The fourth-order valence-electron chi connectivity index (χ4n) is 2.56. The molecular weight excluding hydrogens is 278 g/mol. The SMILES string of the molecule is Brc1cccc2c(CN3CCCCC3)coc12. The molecule has 0 spiro atoms. The van der Waals surface area contributed by atoms with E-state index in [2.05, 4.69) is 33.0 Å². The maximum Gasteiger partial charge on any atom is 0.148 e. The molecule has 0 amide bonds. The average molecular weight is 294 g/mol. The zero-order valence-electron chi connectivity index (χ0n) is 9.79. The Balaban J connectivity index is 1.87. The smallest absolute Gasteiger partial charge is 0.148 e. The molecule has 0 bridgehead atoms. The number of benzene rings is 1. The first-order chi connectivity index (χ1) is 8.34. The van der Waals surface area contributed by atoms with Gasteiger partial charge in [0.05, 0.1) is 10.7 Å². The third kappa shape index (κ3) is 2.26. The van der Waals surface area contributed by atoms with Gasteiger partial charge in [-0.3, -0.25) is 4.90 Å². The van der Waals surface area contributed by atoms with Crippen LogP contribution in [0.4, 0.5) is 0 Å². The molecule has 1 aromatic carbocycles. The number of halogens is 1. The highest BCUT2D eigenvalue weighted by atomic mass is 79.9. The second-order valence-electron chi connectivity index (χ2n) is 4.71. The summed E-state index contributed by atoms with van der Waals surface area (Å²) < 4.78 is 6.69. The number of fused-ring (bicyclic) bond motifs is 1. The Morgan fingerprint density at radius 2 is 2.00 bits per heavy atom. The van der Waals surface area contributed by atoms with Crippen LogP contribution in [0.1, 0.15) is 24.8 Å². The van der Waals surface area contributed by atoms with Crippen molar-refractivity contribution in [1.29, 1.82) is 0 Å². The summed E-state index contributed by atoms with van der Waals surface area (Å²) in [5.74, 6) is 0. The molecule has 1 fully saturated rings. The van der Waals surface area contributed by atoms with Crippen LogP contribution in [-0.2, 0) is 6.54 Å². The van der Waals surface area contributed by atoms with Gasteiger partial charge in [-0.2, -0.15) is 0 Å². The summed E-state index contributed by atoms with van der Waals surface area (Å²) in [5, 5.41) is 1.24. The molecule has 2 heterocycles. The van der Waals surface area contributed by atoms with Gasteiger partial charge in [-0.25, -0.2) is 0 Å². The summed E-state index contributed by atoms with van der Waals surface area (Å²) in [6.07, 6.45) is 5.96. The third-order valence-electron chi connectivity index (χ3n) is 3.47. The van der Waals surface area contributed by atoms with Crippen molar-refractivity contribution in [2.75, 3.05) is 13.1 Å². The topological polar surface area (TPSA) is 16.4 Å². The highest BCUT2D eigenvalue weighted by Gasteiger charge is 2.14. The van der Waals surface area contributed by atoms with Crippen molar-refractivity contribution in [1.82, 2.24) is 4.90 Å². The molecule has 0 aliphatic carbocycles. The molecular formula is C14H16BrNO. The molecule has 1 aromatic heterocycles. The zero-order valence-corrected chi connectivity index (χ0v) is 11.4. The fourth-order valence-corrected chi connectivity index (χ4v) is 3.02. The molecule has 0 radical (unpaired) electrons. The predicted octanol–water partition coefficient (Wildman–Crippen LogP) is 4.18. The van der Waals surface area contributed by atoms with Crippen LogP contribution in [0.15, 0.2) is 33.4 Å². The normalized spacial score (nSPS) is 17.7. The molecule has 2 nitrogen and oxygen atoms in total. The lowest BCUT2D eigenvalue weighted by Gasteiger charge is -2.25. The van der Waals surface area contributed by atoms with Crippen molar-refractivity contribution in [2.24, 2.45) is 0 Å². The number of likely N-dealkylation sites (tertiary alicyclic amines) is 1. The van der Waals surface area contributed by atoms with Crippen LogP contribution in [0.3, 0.4) is 0 Å². The largest absolute Gasteiger partial charge is 0.463 e. The predicted molar refractivity (Wildman–Crippen MR) is 73.0 cm³/mol. The lowest BCUT2D eigenvalue weighted by Crippen LogP contribution is -2.28. The van der Waals surface area contributed by atoms with E-state index in [-0.39, 0.29) is 0 Å². The minimum absolute atomic E-state index is 0.972. The van der Waals surface area contributed by atoms with E-state index in [0.29, 0.717) is 0 Å². The second kappa shape index (κ2) is 4.83. The Kier molecular flexibility index (Phi) is 3.21. The van der Waals surface area contributed by atoms with Crippen molar-refractivity contribution < 1.29 is 4.42 Å². The number of piperidine rings is 1. The molecule has 0 atom stereocenters. The average Bonchev–Trinajstić information content (AvgIpc) is 2.76. The van der Waals surface area contributed by atoms with Crippen LogP contribution < -0.4 is 0 Å². The van der Waals surface area contributed by atoms with E-state index < -0.39 is 0 Å². The van der Waals surface area contributed by atoms with Gasteiger partial charge in [-0.1, -0.05) is 18.6 Å². The number of hydrogen-bond acceptors (Lipinski definition) is 2.